The minimum Gasteiger partial charge on any atom is -0.412 e. The fourth-order valence-electron chi connectivity index (χ4n) is 0.517. The second kappa shape index (κ2) is 23.1. The van der Waals surface area contributed by atoms with Gasteiger partial charge in [-0.2, -0.15) is 0 Å². The molecule has 0 aromatic carbocycles. The average Bonchev–Trinajstić information content (AvgIpc) is 2.24. The van der Waals surface area contributed by atoms with Gasteiger partial charge in [0.05, 0.1) is 0 Å². The Hall–Kier alpha value is -0.970. The predicted molar refractivity (Wildman–Crippen MR) is 62.8 cm³/mol. The number of aliphatic hydroxyl groups excluding tert-OH is 1. The highest BCUT2D eigenvalue weighted by Crippen LogP contribution is 1.73. The van der Waals surface area contributed by atoms with Crippen LogP contribution in [0.25, 0.3) is 0 Å². The van der Waals surface area contributed by atoms with E-state index in [2.05, 4.69) is 4.98 Å². The Morgan fingerprint density at radius 2 is 1.40 bits per heavy atom. The molecule has 0 amide bonds. The molecule has 0 aliphatic carbocycles. The molecule has 90 valence electrons. The highest BCUT2D eigenvalue weighted by molar-refractivity contribution is 4.88. The van der Waals surface area contributed by atoms with Crippen LogP contribution in [0, 0.1) is 0 Å². The molecule has 0 unspecified atom stereocenters. The van der Waals surface area contributed by atoms with Gasteiger partial charge in [-0.3, -0.25) is 4.98 Å². The molecule has 0 radical (unpaired) electrons. The van der Waals surface area contributed by atoms with Crippen LogP contribution in [0.3, 0.4) is 0 Å². The van der Waals surface area contributed by atoms with Crippen molar-refractivity contribution < 1.29 is 15.3 Å². The molecule has 1 heterocycles. The van der Waals surface area contributed by atoms with Crippen molar-refractivity contribution in [3.63, 3.8) is 0 Å². The topological polar surface area (TPSA) is 73.8 Å². The molecule has 1 aromatic rings. The quantitative estimate of drug-likeness (QED) is 0.811. The Bertz CT molecular complexity index is 130. The Morgan fingerprint density at radius 3 is 1.47 bits per heavy atom. The normalized spacial score (nSPS) is 7.20. The van der Waals surface area contributed by atoms with Crippen molar-refractivity contribution in [3.05, 3.63) is 30.6 Å². The molecule has 1 aromatic heterocycles. The fraction of sp³-hybridized carbons (Fsp3) is 0.545. The number of nitrogens with zero attached hydrogens (tertiary/aromatic N) is 1. The van der Waals surface area contributed by atoms with E-state index in [1.807, 2.05) is 32.0 Å². The molecule has 1 rings (SSSR count). The smallest absolute Gasteiger partial charge is 0.0437 e. The highest BCUT2D eigenvalue weighted by Gasteiger charge is 1.64. The number of aromatic nitrogens is 1. The number of rotatable bonds is 2. The molecule has 0 fully saturated rings. The molecule has 0 spiro atoms. The monoisotopic (exact) mass is 217 g/mol. The maximum absolute atomic E-state index is 7.57. The summed E-state index contributed by atoms with van der Waals surface area (Å²) >= 11 is 0. The first-order valence-corrected chi connectivity index (χ1v) is 4.86. The van der Waals surface area contributed by atoms with E-state index in [9.17, 15) is 0 Å². The third-order valence-corrected chi connectivity index (χ3v) is 0.975. The zero-order valence-corrected chi connectivity index (χ0v) is 9.81. The summed E-state index contributed by atoms with van der Waals surface area (Å²) < 4.78 is 4.83. The van der Waals surface area contributed by atoms with E-state index in [1.54, 1.807) is 19.3 Å². The minimum absolute atomic E-state index is 0. The van der Waals surface area contributed by atoms with Crippen molar-refractivity contribution in [2.75, 3.05) is 19.8 Å². The van der Waals surface area contributed by atoms with Gasteiger partial charge in [-0.25, -0.2) is 0 Å². The summed E-state index contributed by atoms with van der Waals surface area (Å²) in [6.07, 6.45) is 3.50. The van der Waals surface area contributed by atoms with E-state index >= 15 is 0 Å². The Balaban J connectivity index is -0.000000148. The Kier molecular flexibility index (Phi) is 30.2. The van der Waals surface area contributed by atoms with Crippen LogP contribution in [-0.2, 0) is 4.74 Å². The van der Waals surface area contributed by atoms with E-state index in [1.165, 1.54) is 0 Å². The predicted octanol–water partition coefficient (Wildman–Crippen LogP) is 1.30. The van der Waals surface area contributed by atoms with E-state index in [0.717, 1.165) is 13.2 Å². The van der Waals surface area contributed by atoms with Crippen molar-refractivity contribution in [3.8, 4) is 0 Å². The number of hydrogen-bond acceptors (Lipinski definition) is 3. The van der Waals surface area contributed by atoms with Crippen LogP contribution in [0.1, 0.15) is 20.8 Å². The van der Waals surface area contributed by atoms with Gasteiger partial charge in [-0.15, -0.1) is 0 Å². The highest BCUT2D eigenvalue weighted by atomic mass is 16.5. The maximum Gasteiger partial charge on any atom is 0.0437 e. The van der Waals surface area contributed by atoms with Crippen LogP contribution in [0.15, 0.2) is 30.6 Å². The van der Waals surface area contributed by atoms with Gasteiger partial charge >= 0.3 is 0 Å². The van der Waals surface area contributed by atoms with Crippen molar-refractivity contribution in [2.24, 2.45) is 0 Å². The van der Waals surface area contributed by atoms with Gasteiger partial charge in [0.2, 0.25) is 0 Å². The lowest BCUT2D eigenvalue weighted by molar-refractivity contribution is 0.162. The van der Waals surface area contributed by atoms with Crippen molar-refractivity contribution in [1.82, 2.24) is 4.98 Å². The van der Waals surface area contributed by atoms with Crippen LogP contribution in [0.2, 0.25) is 0 Å². The lowest BCUT2D eigenvalue weighted by atomic mass is 10.5. The van der Waals surface area contributed by atoms with Gasteiger partial charge in [0.25, 0.3) is 0 Å². The largest absolute Gasteiger partial charge is 0.412 e. The molecule has 0 atom stereocenters. The summed E-state index contributed by atoms with van der Waals surface area (Å²) in [5.74, 6) is 0. The van der Waals surface area contributed by atoms with Gasteiger partial charge in [0.1, 0.15) is 0 Å². The van der Waals surface area contributed by atoms with E-state index < -0.39 is 0 Å². The number of ether oxygens (including phenoxy) is 1. The molecule has 0 bridgehead atoms. The minimum atomic E-state index is 0. The molecule has 3 N–H and O–H groups in total. The summed E-state index contributed by atoms with van der Waals surface area (Å²) in [6, 6.07) is 5.72. The van der Waals surface area contributed by atoms with E-state index in [-0.39, 0.29) is 12.1 Å². The van der Waals surface area contributed by atoms with Crippen LogP contribution in [0.4, 0.5) is 0 Å². The second-order valence-corrected chi connectivity index (χ2v) is 2.12. The number of hydrogen-bond donors (Lipinski definition) is 1. The standard InChI is InChI=1S/C5H5N.C4H10O.C2H6O.H2O/c1-2-4-6-5-3-1;1-3-5-4-2;1-2-3;/h1-5H;3-4H2,1-2H3;3H,2H2,1H3;1H2. The lowest BCUT2D eigenvalue weighted by Gasteiger charge is -1.86. The molecule has 4 heteroatoms. The molecule has 0 aliphatic heterocycles. The van der Waals surface area contributed by atoms with Crippen molar-refractivity contribution in [1.29, 1.82) is 0 Å². The summed E-state index contributed by atoms with van der Waals surface area (Å²) in [5.41, 5.74) is 0. The zero-order valence-electron chi connectivity index (χ0n) is 9.81. The SMILES string of the molecule is CCO.CCOCC.O.c1ccncc1. The third-order valence-electron chi connectivity index (χ3n) is 0.975. The summed E-state index contributed by atoms with van der Waals surface area (Å²) in [7, 11) is 0. The molecular weight excluding hydrogens is 194 g/mol. The molecule has 0 aliphatic rings. The van der Waals surface area contributed by atoms with Gasteiger partial charge < -0.3 is 15.3 Å². The van der Waals surface area contributed by atoms with Crippen LogP contribution in [-0.4, -0.2) is 35.4 Å². The summed E-state index contributed by atoms with van der Waals surface area (Å²) in [6.45, 7) is 7.60. The maximum atomic E-state index is 7.57. The molecule has 0 saturated carbocycles. The van der Waals surface area contributed by atoms with Gasteiger partial charge in [-0.1, -0.05) is 6.07 Å². The van der Waals surface area contributed by atoms with Gasteiger partial charge in [-0.05, 0) is 32.9 Å². The summed E-state index contributed by atoms with van der Waals surface area (Å²) in [5, 5.41) is 7.57. The van der Waals surface area contributed by atoms with Gasteiger partial charge in [0, 0.05) is 32.2 Å². The first kappa shape index (κ1) is 19.6. The van der Waals surface area contributed by atoms with E-state index in [4.69, 9.17) is 9.84 Å². The first-order valence-electron chi connectivity index (χ1n) is 4.86. The number of pyridine rings is 1. The third kappa shape index (κ3) is 32.1. The fourth-order valence-corrected chi connectivity index (χ4v) is 0.517. The van der Waals surface area contributed by atoms with Crippen LogP contribution < -0.4 is 0 Å². The van der Waals surface area contributed by atoms with Gasteiger partial charge in [0.15, 0.2) is 0 Å². The lowest BCUT2D eigenvalue weighted by Crippen LogP contribution is -1.84. The molecular formula is C11H23NO3. The molecule has 15 heavy (non-hydrogen) atoms. The Labute approximate surface area is 92.2 Å². The van der Waals surface area contributed by atoms with Crippen LogP contribution >= 0.6 is 0 Å². The Morgan fingerprint density at radius 1 is 1.00 bits per heavy atom. The molecule has 4 nitrogen and oxygen atoms in total. The zero-order chi connectivity index (χ0) is 11.1. The van der Waals surface area contributed by atoms with Crippen molar-refractivity contribution >= 4 is 0 Å². The molecule has 0 saturated heterocycles. The number of aliphatic hydroxyl groups is 1. The van der Waals surface area contributed by atoms with E-state index in [0.29, 0.717) is 0 Å². The summed E-state index contributed by atoms with van der Waals surface area (Å²) in [4.78, 5) is 3.78. The van der Waals surface area contributed by atoms with Crippen molar-refractivity contribution in [2.45, 2.75) is 20.8 Å². The van der Waals surface area contributed by atoms with Crippen LogP contribution in [0.5, 0.6) is 0 Å². The average molecular weight is 217 g/mol. The first-order chi connectivity index (χ1) is 6.83. The second-order valence-electron chi connectivity index (χ2n) is 2.12.